The highest BCUT2D eigenvalue weighted by Gasteiger charge is 2.12. The van der Waals surface area contributed by atoms with Crippen molar-refractivity contribution in [2.45, 2.75) is 39.3 Å². The predicted octanol–water partition coefficient (Wildman–Crippen LogP) is 4.17. The smallest absolute Gasteiger partial charge is 0.146 e. The lowest BCUT2D eigenvalue weighted by atomic mass is 10.1. The summed E-state index contributed by atoms with van der Waals surface area (Å²) < 4.78 is 15.7. The second kappa shape index (κ2) is 7.57. The highest BCUT2D eigenvalue weighted by atomic mass is 35.5. The van der Waals surface area contributed by atoms with Gasteiger partial charge in [0.1, 0.15) is 5.82 Å². The number of nitrogens with zero attached hydrogens (tertiary/aromatic N) is 2. The molecule has 2 rings (SSSR count). The maximum absolute atomic E-state index is 13.9. The normalized spacial score (nSPS) is 12.6. The second-order valence-corrected chi connectivity index (χ2v) is 5.51. The quantitative estimate of drug-likeness (QED) is 0.831. The van der Waals surface area contributed by atoms with Gasteiger partial charge in [-0.15, -0.1) is 0 Å². The van der Waals surface area contributed by atoms with Crippen molar-refractivity contribution in [3.63, 3.8) is 0 Å². The van der Waals surface area contributed by atoms with Crippen LogP contribution in [-0.2, 0) is 6.54 Å². The average Bonchev–Trinajstić information content (AvgIpc) is 2.93. The van der Waals surface area contributed by atoms with Crippen LogP contribution in [0.4, 0.5) is 4.39 Å². The molecular formula is C16H21ClFN3. The van der Waals surface area contributed by atoms with E-state index < -0.39 is 0 Å². The molecule has 1 aromatic heterocycles. The summed E-state index contributed by atoms with van der Waals surface area (Å²) in [5, 5.41) is 7.96. The summed E-state index contributed by atoms with van der Waals surface area (Å²) in [6.45, 7) is 5.65. The van der Waals surface area contributed by atoms with E-state index in [1.165, 1.54) is 0 Å². The monoisotopic (exact) mass is 309 g/mol. The van der Waals surface area contributed by atoms with Gasteiger partial charge in [-0.25, -0.2) is 4.39 Å². The van der Waals surface area contributed by atoms with E-state index in [4.69, 9.17) is 11.6 Å². The Balaban J connectivity index is 2.10. The minimum Gasteiger partial charge on any atom is -0.310 e. The van der Waals surface area contributed by atoms with Gasteiger partial charge in [-0.2, -0.15) is 5.10 Å². The van der Waals surface area contributed by atoms with Crippen molar-refractivity contribution in [2.24, 2.45) is 0 Å². The summed E-state index contributed by atoms with van der Waals surface area (Å²) in [4.78, 5) is 0. The third-order valence-electron chi connectivity index (χ3n) is 3.47. The number of halogens is 2. The lowest BCUT2D eigenvalue weighted by Gasteiger charge is -2.14. The summed E-state index contributed by atoms with van der Waals surface area (Å²) in [7, 11) is 0. The Bertz CT molecular complexity index is 583. The van der Waals surface area contributed by atoms with Gasteiger partial charge in [-0.3, -0.25) is 4.68 Å². The summed E-state index contributed by atoms with van der Waals surface area (Å²) in [6, 6.07) is 5.33. The first kappa shape index (κ1) is 16.0. The van der Waals surface area contributed by atoms with E-state index in [-0.39, 0.29) is 10.8 Å². The topological polar surface area (TPSA) is 29.9 Å². The molecule has 3 nitrogen and oxygen atoms in total. The third kappa shape index (κ3) is 4.05. The van der Waals surface area contributed by atoms with Gasteiger partial charge >= 0.3 is 0 Å². The molecule has 5 heteroatoms. The van der Waals surface area contributed by atoms with Gasteiger partial charge in [-0.05, 0) is 25.5 Å². The van der Waals surface area contributed by atoms with Crippen LogP contribution in [0.25, 0.3) is 0 Å². The van der Waals surface area contributed by atoms with Crippen LogP contribution in [0.3, 0.4) is 0 Å². The number of benzene rings is 1. The van der Waals surface area contributed by atoms with Crippen molar-refractivity contribution in [2.75, 3.05) is 6.54 Å². The lowest BCUT2D eigenvalue weighted by Crippen LogP contribution is -2.21. The van der Waals surface area contributed by atoms with Crippen molar-refractivity contribution >= 4 is 11.6 Å². The molecule has 0 aliphatic heterocycles. The van der Waals surface area contributed by atoms with Crippen molar-refractivity contribution in [1.29, 1.82) is 0 Å². The van der Waals surface area contributed by atoms with E-state index >= 15 is 0 Å². The first-order chi connectivity index (χ1) is 10.2. The minimum absolute atomic E-state index is 0.149. The zero-order chi connectivity index (χ0) is 15.2. The highest BCUT2D eigenvalue weighted by molar-refractivity contribution is 6.30. The Labute approximate surface area is 130 Å². The lowest BCUT2D eigenvalue weighted by molar-refractivity contribution is 0.517. The average molecular weight is 310 g/mol. The van der Waals surface area contributed by atoms with Crippen LogP contribution in [0.15, 0.2) is 30.6 Å². The van der Waals surface area contributed by atoms with Crippen LogP contribution in [0.5, 0.6) is 0 Å². The maximum Gasteiger partial charge on any atom is 0.146 e. The molecule has 0 bridgehead atoms. The Hall–Kier alpha value is -1.39. The van der Waals surface area contributed by atoms with E-state index in [9.17, 15) is 4.39 Å². The standard InChI is InChI=1S/C16H21ClFN3/c1-3-8-19-15(4-2)13-9-20-21(11-13)10-12-6-5-7-14(17)16(12)18/h5-7,9,11,15,19H,3-4,8,10H2,1-2H3. The third-order valence-corrected chi connectivity index (χ3v) is 3.76. The van der Waals surface area contributed by atoms with Gasteiger partial charge in [0, 0.05) is 23.4 Å². The van der Waals surface area contributed by atoms with Crippen LogP contribution in [0, 0.1) is 5.82 Å². The van der Waals surface area contributed by atoms with E-state index in [0.717, 1.165) is 24.9 Å². The Kier molecular flexibility index (Phi) is 5.76. The molecule has 21 heavy (non-hydrogen) atoms. The number of rotatable bonds is 7. The molecule has 114 valence electrons. The molecule has 1 atom stereocenters. The van der Waals surface area contributed by atoms with E-state index in [1.807, 2.05) is 12.4 Å². The first-order valence-corrected chi connectivity index (χ1v) is 7.72. The summed E-state index contributed by atoms with van der Waals surface area (Å²) >= 11 is 5.80. The maximum atomic E-state index is 13.9. The van der Waals surface area contributed by atoms with Gasteiger partial charge in [0.2, 0.25) is 0 Å². The number of hydrogen-bond acceptors (Lipinski definition) is 2. The molecule has 1 heterocycles. The van der Waals surface area contributed by atoms with Crippen molar-refractivity contribution < 1.29 is 4.39 Å². The molecule has 0 radical (unpaired) electrons. The fourth-order valence-corrected chi connectivity index (χ4v) is 2.50. The number of nitrogens with one attached hydrogen (secondary N) is 1. The Morgan fingerprint density at radius 2 is 2.19 bits per heavy atom. The van der Waals surface area contributed by atoms with Crippen molar-refractivity contribution in [3.05, 3.63) is 52.6 Å². The van der Waals surface area contributed by atoms with Crippen LogP contribution in [0.1, 0.15) is 43.9 Å². The summed E-state index contributed by atoms with van der Waals surface area (Å²) in [6.07, 6.45) is 5.91. The second-order valence-electron chi connectivity index (χ2n) is 5.10. The zero-order valence-corrected chi connectivity index (χ0v) is 13.2. The van der Waals surface area contributed by atoms with Crippen LogP contribution in [-0.4, -0.2) is 16.3 Å². The van der Waals surface area contributed by atoms with Gasteiger partial charge in [0.25, 0.3) is 0 Å². The fourth-order valence-electron chi connectivity index (χ4n) is 2.31. The molecule has 0 saturated heterocycles. The molecular weight excluding hydrogens is 289 g/mol. The Morgan fingerprint density at radius 1 is 1.38 bits per heavy atom. The van der Waals surface area contributed by atoms with Crippen LogP contribution >= 0.6 is 11.6 Å². The SMILES string of the molecule is CCCNC(CC)c1cnn(Cc2cccc(Cl)c2F)c1. The molecule has 1 aromatic carbocycles. The molecule has 0 fully saturated rings. The van der Waals surface area contributed by atoms with Gasteiger partial charge in [0.15, 0.2) is 0 Å². The Morgan fingerprint density at radius 3 is 2.90 bits per heavy atom. The van der Waals surface area contributed by atoms with Crippen molar-refractivity contribution in [3.8, 4) is 0 Å². The molecule has 0 aliphatic rings. The molecule has 0 amide bonds. The van der Waals surface area contributed by atoms with Crippen molar-refractivity contribution in [1.82, 2.24) is 15.1 Å². The molecule has 0 saturated carbocycles. The van der Waals surface area contributed by atoms with E-state index in [1.54, 1.807) is 22.9 Å². The largest absolute Gasteiger partial charge is 0.310 e. The molecule has 0 aliphatic carbocycles. The van der Waals surface area contributed by atoms with Crippen LogP contribution < -0.4 is 5.32 Å². The van der Waals surface area contributed by atoms with Gasteiger partial charge in [0.05, 0.1) is 17.8 Å². The molecule has 1 unspecified atom stereocenters. The highest BCUT2D eigenvalue weighted by Crippen LogP contribution is 2.20. The van der Waals surface area contributed by atoms with Gasteiger partial charge < -0.3 is 5.32 Å². The number of aromatic nitrogens is 2. The van der Waals surface area contributed by atoms with E-state index in [0.29, 0.717) is 18.2 Å². The fraction of sp³-hybridized carbons (Fsp3) is 0.438. The van der Waals surface area contributed by atoms with Gasteiger partial charge in [-0.1, -0.05) is 37.6 Å². The molecule has 2 aromatic rings. The van der Waals surface area contributed by atoms with E-state index in [2.05, 4.69) is 24.3 Å². The molecule has 1 N–H and O–H groups in total. The summed E-state index contributed by atoms with van der Waals surface area (Å²) in [5.74, 6) is -0.368. The van der Waals surface area contributed by atoms with Crippen LogP contribution in [0.2, 0.25) is 5.02 Å². The minimum atomic E-state index is -0.368. The summed E-state index contributed by atoms with van der Waals surface area (Å²) in [5.41, 5.74) is 1.68. The molecule has 0 spiro atoms. The zero-order valence-electron chi connectivity index (χ0n) is 12.4. The number of hydrogen-bond donors (Lipinski definition) is 1. The predicted molar refractivity (Wildman–Crippen MR) is 84.1 cm³/mol. The first-order valence-electron chi connectivity index (χ1n) is 7.34.